The number of hydrogen-bond acceptors (Lipinski definition) is 3. The molecule has 2 heterocycles. The van der Waals surface area contributed by atoms with Crippen LogP contribution >= 0.6 is 11.6 Å². The maximum Gasteiger partial charge on any atom is 0.259 e. The third-order valence-corrected chi connectivity index (χ3v) is 4.62. The molecule has 1 aromatic heterocycles. The van der Waals surface area contributed by atoms with E-state index in [0.717, 1.165) is 23.2 Å². The number of carbonyl (C=O) groups excluding carboxylic acids is 2. The highest BCUT2D eigenvalue weighted by molar-refractivity contribution is 6.31. The van der Waals surface area contributed by atoms with Crippen LogP contribution in [-0.2, 0) is 11.3 Å². The number of amides is 2. The van der Waals surface area contributed by atoms with Gasteiger partial charge in [-0.2, -0.15) is 0 Å². The normalized spacial score (nSPS) is 16.0. The number of nitrogens with one attached hydrogen (secondary N) is 1. The lowest BCUT2D eigenvalue weighted by Gasteiger charge is -2.24. The highest BCUT2D eigenvalue weighted by Crippen LogP contribution is 2.40. The molecule has 0 aliphatic carbocycles. The number of aromatic nitrogens is 1. The fourth-order valence-electron chi connectivity index (χ4n) is 3.14. The average Bonchev–Trinajstić information content (AvgIpc) is 2.91. The summed E-state index contributed by atoms with van der Waals surface area (Å²) in [7, 11) is 0. The van der Waals surface area contributed by atoms with E-state index in [1.165, 1.54) is 0 Å². The quantitative estimate of drug-likeness (QED) is 0.883. The number of nitrogens with zero attached hydrogens (tertiary/aromatic N) is 2. The van der Waals surface area contributed by atoms with Crippen LogP contribution in [-0.4, -0.2) is 16.8 Å². The standard InChI is InChI=1S/C19H20ClN3O2/c1-3-17-16-8-13(20)5-6-15(16)19(25)23(17)14-7-12(9-21-11-14)10-22-18(24)4-2/h5-9,11,17H,3-4,10H2,1-2H3,(H,22,24)/t17-/m0/s1. The van der Waals surface area contributed by atoms with E-state index in [2.05, 4.69) is 10.3 Å². The molecule has 5 nitrogen and oxygen atoms in total. The van der Waals surface area contributed by atoms with Crippen LogP contribution in [0.25, 0.3) is 0 Å². The molecule has 1 aromatic carbocycles. The van der Waals surface area contributed by atoms with Crippen LogP contribution in [0, 0.1) is 0 Å². The summed E-state index contributed by atoms with van der Waals surface area (Å²) in [5, 5.41) is 3.45. The number of benzene rings is 1. The van der Waals surface area contributed by atoms with Crippen LogP contribution < -0.4 is 10.2 Å². The second-order valence-electron chi connectivity index (χ2n) is 6.01. The molecule has 1 N–H and O–H groups in total. The first-order chi connectivity index (χ1) is 12.0. The van der Waals surface area contributed by atoms with Crippen molar-refractivity contribution >= 4 is 29.1 Å². The Morgan fingerprint density at radius 3 is 2.80 bits per heavy atom. The SMILES string of the molecule is CCC(=O)NCc1cncc(N2C(=O)c3ccc(Cl)cc3[C@@H]2CC)c1. The van der Waals surface area contributed by atoms with Crippen molar-refractivity contribution in [1.82, 2.24) is 10.3 Å². The van der Waals surface area contributed by atoms with Gasteiger partial charge in [0, 0.05) is 29.7 Å². The first-order valence-electron chi connectivity index (χ1n) is 8.38. The van der Waals surface area contributed by atoms with E-state index in [1.54, 1.807) is 36.4 Å². The number of halogens is 1. The molecule has 2 amide bonds. The Morgan fingerprint density at radius 1 is 1.28 bits per heavy atom. The summed E-state index contributed by atoms with van der Waals surface area (Å²) >= 11 is 6.11. The van der Waals surface area contributed by atoms with E-state index < -0.39 is 0 Å². The van der Waals surface area contributed by atoms with E-state index in [9.17, 15) is 9.59 Å². The molecule has 1 aliphatic heterocycles. The molecule has 2 aromatic rings. The first kappa shape index (κ1) is 17.4. The maximum absolute atomic E-state index is 12.9. The molecule has 1 atom stereocenters. The summed E-state index contributed by atoms with van der Waals surface area (Å²) in [6.45, 7) is 4.24. The molecular weight excluding hydrogens is 338 g/mol. The minimum atomic E-state index is -0.0662. The fraction of sp³-hybridized carbons (Fsp3) is 0.316. The lowest BCUT2D eigenvalue weighted by atomic mass is 10.0. The van der Waals surface area contributed by atoms with Gasteiger partial charge in [-0.25, -0.2) is 0 Å². The predicted molar refractivity (Wildman–Crippen MR) is 97.7 cm³/mol. The number of hydrogen-bond donors (Lipinski definition) is 1. The molecule has 6 heteroatoms. The van der Waals surface area contributed by atoms with Crippen LogP contribution in [0.2, 0.25) is 5.02 Å². The van der Waals surface area contributed by atoms with Gasteiger partial charge in [-0.05, 0) is 41.8 Å². The van der Waals surface area contributed by atoms with E-state index in [4.69, 9.17) is 11.6 Å². The van der Waals surface area contributed by atoms with Gasteiger partial charge in [-0.3, -0.25) is 19.5 Å². The number of anilines is 1. The molecule has 0 fully saturated rings. The highest BCUT2D eigenvalue weighted by atomic mass is 35.5. The van der Waals surface area contributed by atoms with Crippen molar-refractivity contribution in [1.29, 1.82) is 0 Å². The van der Waals surface area contributed by atoms with Gasteiger partial charge in [0.1, 0.15) is 0 Å². The summed E-state index contributed by atoms with van der Waals surface area (Å²) < 4.78 is 0. The van der Waals surface area contributed by atoms with Gasteiger partial charge in [-0.1, -0.05) is 25.4 Å². The molecule has 25 heavy (non-hydrogen) atoms. The molecule has 0 spiro atoms. The Labute approximate surface area is 152 Å². The summed E-state index contributed by atoms with van der Waals surface area (Å²) in [6.07, 6.45) is 4.59. The molecular formula is C19H20ClN3O2. The lowest BCUT2D eigenvalue weighted by molar-refractivity contribution is -0.120. The summed E-state index contributed by atoms with van der Waals surface area (Å²) in [5.74, 6) is -0.0637. The Morgan fingerprint density at radius 2 is 2.08 bits per heavy atom. The largest absolute Gasteiger partial charge is 0.352 e. The van der Waals surface area contributed by atoms with Crippen molar-refractivity contribution < 1.29 is 9.59 Å². The van der Waals surface area contributed by atoms with Gasteiger partial charge in [0.2, 0.25) is 5.91 Å². The van der Waals surface area contributed by atoms with E-state index in [0.29, 0.717) is 23.6 Å². The van der Waals surface area contributed by atoms with Crippen molar-refractivity contribution in [2.75, 3.05) is 4.90 Å². The zero-order valence-electron chi connectivity index (χ0n) is 14.3. The predicted octanol–water partition coefficient (Wildman–Crippen LogP) is 3.87. The molecule has 130 valence electrons. The molecule has 0 saturated heterocycles. The number of carbonyl (C=O) groups is 2. The molecule has 0 saturated carbocycles. The Balaban J connectivity index is 1.91. The first-order valence-corrected chi connectivity index (χ1v) is 8.76. The number of pyridine rings is 1. The zero-order valence-corrected chi connectivity index (χ0v) is 15.0. The van der Waals surface area contributed by atoms with Gasteiger partial charge in [0.25, 0.3) is 5.91 Å². The maximum atomic E-state index is 12.9. The van der Waals surface area contributed by atoms with Crippen LogP contribution in [0.3, 0.4) is 0 Å². The monoisotopic (exact) mass is 357 g/mol. The Kier molecular flexibility index (Phi) is 5.04. The van der Waals surface area contributed by atoms with Gasteiger partial charge in [0.05, 0.1) is 17.9 Å². The van der Waals surface area contributed by atoms with Crippen LogP contribution in [0.4, 0.5) is 5.69 Å². The summed E-state index contributed by atoms with van der Waals surface area (Å²) in [4.78, 5) is 30.3. The molecule has 1 aliphatic rings. The Bertz CT molecular complexity index is 822. The van der Waals surface area contributed by atoms with Crippen molar-refractivity contribution in [3.05, 3.63) is 58.4 Å². The molecule has 0 radical (unpaired) electrons. The van der Waals surface area contributed by atoms with Gasteiger partial charge in [-0.15, -0.1) is 0 Å². The van der Waals surface area contributed by atoms with Gasteiger partial charge in [0.15, 0.2) is 0 Å². The number of fused-ring (bicyclic) bond motifs is 1. The van der Waals surface area contributed by atoms with Gasteiger partial charge < -0.3 is 5.32 Å². The van der Waals surface area contributed by atoms with Crippen LogP contribution in [0.1, 0.15) is 54.2 Å². The minimum absolute atomic E-state index is 0.0175. The third kappa shape index (κ3) is 3.37. The van der Waals surface area contributed by atoms with Crippen molar-refractivity contribution in [2.24, 2.45) is 0 Å². The Hall–Kier alpha value is -2.40. The lowest BCUT2D eigenvalue weighted by Crippen LogP contribution is -2.28. The topological polar surface area (TPSA) is 62.3 Å². The van der Waals surface area contributed by atoms with Crippen molar-refractivity contribution in [3.63, 3.8) is 0 Å². The van der Waals surface area contributed by atoms with E-state index in [-0.39, 0.29) is 17.9 Å². The molecule has 0 unspecified atom stereocenters. The van der Waals surface area contributed by atoms with Crippen LogP contribution in [0.5, 0.6) is 0 Å². The zero-order chi connectivity index (χ0) is 18.0. The second-order valence-corrected chi connectivity index (χ2v) is 6.45. The van der Waals surface area contributed by atoms with E-state index in [1.807, 2.05) is 19.1 Å². The average molecular weight is 358 g/mol. The summed E-state index contributed by atoms with van der Waals surface area (Å²) in [5.41, 5.74) is 3.22. The molecule has 3 rings (SSSR count). The van der Waals surface area contributed by atoms with Gasteiger partial charge >= 0.3 is 0 Å². The summed E-state index contributed by atoms with van der Waals surface area (Å²) in [6, 6.07) is 7.22. The highest BCUT2D eigenvalue weighted by Gasteiger charge is 2.36. The van der Waals surface area contributed by atoms with E-state index >= 15 is 0 Å². The fourth-order valence-corrected chi connectivity index (χ4v) is 3.32. The molecule has 0 bridgehead atoms. The second kappa shape index (κ2) is 7.23. The number of rotatable bonds is 5. The minimum Gasteiger partial charge on any atom is -0.352 e. The van der Waals surface area contributed by atoms with Crippen molar-refractivity contribution in [2.45, 2.75) is 39.3 Å². The van der Waals surface area contributed by atoms with Crippen LogP contribution in [0.15, 0.2) is 36.7 Å². The third-order valence-electron chi connectivity index (χ3n) is 4.39. The smallest absolute Gasteiger partial charge is 0.259 e. The van der Waals surface area contributed by atoms with Crippen molar-refractivity contribution in [3.8, 4) is 0 Å².